The molecule has 0 saturated heterocycles. The molecule has 1 amide bonds. The Morgan fingerprint density at radius 1 is 0.952 bits per heavy atom. The average molecular weight is 295 g/mol. The lowest BCUT2D eigenvalue weighted by Gasteiger charge is -2.05. The van der Waals surface area contributed by atoms with Gasteiger partial charge in [0.2, 0.25) is 5.91 Å². The maximum atomic E-state index is 10.6. The number of nitrogens with two attached hydrogens (primary N) is 1. The van der Waals surface area contributed by atoms with Crippen molar-refractivity contribution < 1.29 is 9.90 Å². The first kappa shape index (κ1) is 19.9. The Morgan fingerprint density at radius 3 is 2.10 bits per heavy atom. The quantitative estimate of drug-likeness (QED) is 0.371. The van der Waals surface area contributed by atoms with E-state index in [1.165, 1.54) is 32.1 Å². The first-order valence-electron chi connectivity index (χ1n) is 8.45. The van der Waals surface area contributed by atoms with Gasteiger partial charge in [0, 0.05) is 0 Å². The van der Waals surface area contributed by atoms with Gasteiger partial charge in [-0.2, -0.15) is 0 Å². The van der Waals surface area contributed by atoms with E-state index >= 15 is 0 Å². The summed E-state index contributed by atoms with van der Waals surface area (Å²) in [6.07, 6.45) is 20.0. The van der Waals surface area contributed by atoms with Gasteiger partial charge < -0.3 is 10.8 Å². The van der Waals surface area contributed by atoms with Crippen LogP contribution in [-0.2, 0) is 4.79 Å². The molecule has 0 aromatic carbocycles. The molecular weight excluding hydrogens is 262 g/mol. The average Bonchev–Trinajstić information content (AvgIpc) is 2.47. The number of primary amides is 1. The summed E-state index contributed by atoms with van der Waals surface area (Å²) in [5, 5.41) is 9.23. The summed E-state index contributed by atoms with van der Waals surface area (Å²) in [7, 11) is 0. The number of carbonyl (C=O) groups excluding carboxylic acids is 1. The fourth-order valence-electron chi connectivity index (χ4n) is 2.11. The largest absolute Gasteiger partial charge is 0.383 e. The highest BCUT2D eigenvalue weighted by Crippen LogP contribution is 2.08. The van der Waals surface area contributed by atoms with Crippen LogP contribution in [0.15, 0.2) is 24.3 Å². The molecule has 122 valence electrons. The molecule has 3 heteroatoms. The topological polar surface area (TPSA) is 63.3 Å². The van der Waals surface area contributed by atoms with E-state index in [1.807, 2.05) is 0 Å². The van der Waals surface area contributed by atoms with Crippen molar-refractivity contribution >= 4 is 5.91 Å². The molecule has 3 N–H and O–H groups in total. The third-order valence-electron chi connectivity index (χ3n) is 3.51. The van der Waals surface area contributed by atoms with E-state index in [1.54, 1.807) is 0 Å². The highest BCUT2D eigenvalue weighted by atomic mass is 16.3. The summed E-state index contributed by atoms with van der Waals surface area (Å²) in [5.74, 6) is -0.610. The molecule has 0 saturated carbocycles. The molecule has 0 aromatic rings. The maximum absolute atomic E-state index is 10.6. The summed E-state index contributed by atoms with van der Waals surface area (Å²) in [4.78, 5) is 10.6. The Labute approximate surface area is 130 Å². The van der Waals surface area contributed by atoms with Gasteiger partial charge in [0.05, 0.1) is 0 Å². The minimum Gasteiger partial charge on any atom is -0.383 e. The first-order valence-corrected chi connectivity index (χ1v) is 8.45. The number of unbranched alkanes of at least 4 members (excludes halogenated alkanes) is 7. The van der Waals surface area contributed by atoms with Crippen molar-refractivity contribution in [3.05, 3.63) is 24.3 Å². The number of hydrogen-bond acceptors (Lipinski definition) is 2. The summed E-state index contributed by atoms with van der Waals surface area (Å²) in [5.41, 5.74) is 4.99. The summed E-state index contributed by atoms with van der Waals surface area (Å²) in [6.45, 7) is 2.23. The van der Waals surface area contributed by atoms with Crippen molar-refractivity contribution in [2.75, 3.05) is 0 Å². The van der Waals surface area contributed by atoms with Crippen LogP contribution in [0.4, 0.5) is 0 Å². The van der Waals surface area contributed by atoms with Gasteiger partial charge in [0.25, 0.3) is 0 Å². The van der Waals surface area contributed by atoms with Crippen LogP contribution >= 0.6 is 0 Å². The zero-order chi connectivity index (χ0) is 15.8. The van der Waals surface area contributed by atoms with Gasteiger partial charge in [-0.05, 0) is 38.5 Å². The zero-order valence-corrected chi connectivity index (χ0v) is 13.6. The molecule has 0 rings (SSSR count). The molecule has 0 aliphatic heterocycles. The van der Waals surface area contributed by atoms with Crippen molar-refractivity contribution in [3.63, 3.8) is 0 Å². The number of allylic oxidation sites excluding steroid dienone is 4. The molecular formula is C18H33NO2. The number of rotatable bonds is 14. The normalized spacial score (nSPS) is 13.2. The summed E-state index contributed by atoms with van der Waals surface area (Å²) in [6, 6.07) is 0. The van der Waals surface area contributed by atoms with E-state index in [0.717, 1.165) is 32.1 Å². The van der Waals surface area contributed by atoms with Crippen LogP contribution in [0.1, 0.15) is 77.6 Å². The zero-order valence-electron chi connectivity index (χ0n) is 13.6. The van der Waals surface area contributed by atoms with Crippen molar-refractivity contribution in [2.45, 2.75) is 83.7 Å². The molecule has 3 nitrogen and oxygen atoms in total. The van der Waals surface area contributed by atoms with Crippen LogP contribution in [0.25, 0.3) is 0 Å². The van der Waals surface area contributed by atoms with E-state index in [0.29, 0.717) is 6.42 Å². The fraction of sp³-hybridized carbons (Fsp3) is 0.722. The van der Waals surface area contributed by atoms with Crippen molar-refractivity contribution in [1.82, 2.24) is 0 Å². The van der Waals surface area contributed by atoms with Gasteiger partial charge >= 0.3 is 0 Å². The lowest BCUT2D eigenvalue weighted by atomic mass is 10.1. The standard InChI is InChI=1S/C18H33NO2/c1-2-3-4-5-6-7-8-9-10-11-12-13-14-15-16-17(20)18(19)21/h6-7,9-10,17,20H,2-5,8,11-16H2,1H3,(H2,19,21)/b7-6-,10-9-. The SMILES string of the molecule is CCCCC/C=C\C/C=C\CCCCCCC(O)C(N)=O. The van der Waals surface area contributed by atoms with Gasteiger partial charge in [-0.15, -0.1) is 0 Å². The lowest BCUT2D eigenvalue weighted by Crippen LogP contribution is -2.27. The van der Waals surface area contributed by atoms with Gasteiger partial charge in [-0.3, -0.25) is 4.79 Å². The number of carbonyl (C=O) groups is 1. The predicted molar refractivity (Wildman–Crippen MR) is 89.9 cm³/mol. The second kappa shape index (κ2) is 15.3. The Balaban J connectivity index is 3.27. The molecule has 0 aromatic heterocycles. The van der Waals surface area contributed by atoms with Crippen molar-refractivity contribution in [1.29, 1.82) is 0 Å². The molecule has 21 heavy (non-hydrogen) atoms. The number of aliphatic hydroxyl groups is 1. The van der Waals surface area contributed by atoms with Crippen LogP contribution in [0.2, 0.25) is 0 Å². The maximum Gasteiger partial charge on any atom is 0.246 e. The predicted octanol–water partition coefficient (Wildman–Crippen LogP) is 4.26. The number of aliphatic hydroxyl groups excluding tert-OH is 1. The van der Waals surface area contributed by atoms with E-state index in [-0.39, 0.29) is 0 Å². The van der Waals surface area contributed by atoms with Crippen LogP contribution in [-0.4, -0.2) is 17.1 Å². The minimum absolute atomic E-state index is 0.494. The Bertz CT molecular complexity index is 298. The van der Waals surface area contributed by atoms with Gasteiger partial charge in [0.15, 0.2) is 0 Å². The first-order chi connectivity index (χ1) is 10.2. The summed E-state index contributed by atoms with van der Waals surface area (Å²) >= 11 is 0. The molecule has 0 radical (unpaired) electrons. The highest BCUT2D eigenvalue weighted by molar-refractivity contribution is 5.78. The van der Waals surface area contributed by atoms with E-state index < -0.39 is 12.0 Å². The van der Waals surface area contributed by atoms with Crippen molar-refractivity contribution in [2.24, 2.45) is 5.73 Å². The van der Waals surface area contributed by atoms with E-state index in [4.69, 9.17) is 5.73 Å². The molecule has 0 aliphatic rings. The lowest BCUT2D eigenvalue weighted by molar-refractivity contribution is -0.126. The summed E-state index contributed by atoms with van der Waals surface area (Å²) < 4.78 is 0. The molecule has 0 spiro atoms. The van der Waals surface area contributed by atoms with Crippen molar-refractivity contribution in [3.8, 4) is 0 Å². The number of hydrogen-bond donors (Lipinski definition) is 2. The van der Waals surface area contributed by atoms with E-state index in [9.17, 15) is 9.90 Å². The third kappa shape index (κ3) is 15.1. The molecule has 0 fully saturated rings. The Kier molecular flexibility index (Phi) is 14.5. The second-order valence-corrected chi connectivity index (χ2v) is 5.58. The monoisotopic (exact) mass is 295 g/mol. The fourth-order valence-corrected chi connectivity index (χ4v) is 2.11. The molecule has 0 heterocycles. The molecule has 0 aliphatic carbocycles. The van der Waals surface area contributed by atoms with Gasteiger partial charge in [-0.1, -0.05) is 63.3 Å². The van der Waals surface area contributed by atoms with Crippen LogP contribution in [0.3, 0.4) is 0 Å². The molecule has 1 atom stereocenters. The molecule has 0 bridgehead atoms. The van der Waals surface area contributed by atoms with Gasteiger partial charge in [0.1, 0.15) is 6.10 Å². The number of amides is 1. The smallest absolute Gasteiger partial charge is 0.246 e. The minimum atomic E-state index is -0.964. The Hall–Kier alpha value is -1.09. The third-order valence-corrected chi connectivity index (χ3v) is 3.51. The van der Waals surface area contributed by atoms with E-state index in [2.05, 4.69) is 31.2 Å². The second-order valence-electron chi connectivity index (χ2n) is 5.58. The highest BCUT2D eigenvalue weighted by Gasteiger charge is 2.08. The van der Waals surface area contributed by atoms with Crippen LogP contribution in [0.5, 0.6) is 0 Å². The van der Waals surface area contributed by atoms with Crippen LogP contribution in [0, 0.1) is 0 Å². The Morgan fingerprint density at radius 2 is 1.52 bits per heavy atom. The van der Waals surface area contributed by atoms with Crippen LogP contribution < -0.4 is 5.73 Å². The molecule has 1 unspecified atom stereocenters. The van der Waals surface area contributed by atoms with Gasteiger partial charge in [-0.25, -0.2) is 0 Å².